The number of methoxy groups -OCH3 is 1. The predicted octanol–water partition coefficient (Wildman–Crippen LogP) is 3.65. The molecule has 0 amide bonds. The molecule has 2 aromatic rings. The van der Waals surface area contributed by atoms with Crippen LogP contribution in [0.25, 0.3) is 11.3 Å². The second-order valence-electron chi connectivity index (χ2n) is 5.58. The van der Waals surface area contributed by atoms with E-state index < -0.39 is 5.92 Å². The standard InChI is InChI=1S/C17H16N2O2S/c1-10-7-13(10)16(20)14(8-18)17-19-15(9-22-17)11-3-5-12(21-2)6-4-11/h3-6,9-10,13-14H,7H2,1-2H3/t10-,13+,14-/m1/s1. The third-order valence-electron chi connectivity index (χ3n) is 4.04. The van der Waals surface area contributed by atoms with Crippen molar-refractivity contribution >= 4 is 17.1 Å². The molecule has 1 aromatic carbocycles. The fraction of sp³-hybridized carbons (Fsp3) is 0.353. The Labute approximate surface area is 133 Å². The fourth-order valence-electron chi connectivity index (χ4n) is 2.49. The summed E-state index contributed by atoms with van der Waals surface area (Å²) in [5.74, 6) is 0.520. The monoisotopic (exact) mass is 312 g/mol. The Bertz CT molecular complexity index is 730. The van der Waals surface area contributed by atoms with Gasteiger partial charge in [-0.1, -0.05) is 6.92 Å². The molecule has 22 heavy (non-hydrogen) atoms. The number of nitriles is 1. The zero-order valence-electron chi connectivity index (χ0n) is 12.4. The van der Waals surface area contributed by atoms with Gasteiger partial charge < -0.3 is 4.74 Å². The maximum Gasteiger partial charge on any atom is 0.160 e. The van der Waals surface area contributed by atoms with E-state index in [1.807, 2.05) is 36.6 Å². The van der Waals surface area contributed by atoms with Crippen molar-refractivity contribution in [3.8, 4) is 23.1 Å². The van der Waals surface area contributed by atoms with Crippen molar-refractivity contribution in [2.75, 3.05) is 7.11 Å². The SMILES string of the molecule is COc1ccc(-c2csc([C@H](C#N)C(=O)[C@H]3C[C@H]3C)n2)cc1. The molecule has 4 nitrogen and oxygen atoms in total. The summed E-state index contributed by atoms with van der Waals surface area (Å²) in [5, 5.41) is 11.8. The molecule has 112 valence electrons. The van der Waals surface area contributed by atoms with E-state index in [0.717, 1.165) is 23.4 Å². The highest BCUT2D eigenvalue weighted by Crippen LogP contribution is 2.42. The lowest BCUT2D eigenvalue weighted by molar-refractivity contribution is -0.120. The maximum atomic E-state index is 12.3. The first-order valence-electron chi connectivity index (χ1n) is 7.17. The predicted molar refractivity (Wildman–Crippen MR) is 84.7 cm³/mol. The van der Waals surface area contributed by atoms with Crippen LogP contribution in [0.1, 0.15) is 24.3 Å². The van der Waals surface area contributed by atoms with Crippen molar-refractivity contribution < 1.29 is 9.53 Å². The fourth-order valence-corrected chi connectivity index (χ4v) is 3.36. The van der Waals surface area contributed by atoms with Gasteiger partial charge in [0.05, 0.1) is 18.9 Å². The normalized spacial score (nSPS) is 21.0. The van der Waals surface area contributed by atoms with Crippen LogP contribution in [0.4, 0.5) is 0 Å². The highest BCUT2D eigenvalue weighted by Gasteiger charge is 2.43. The van der Waals surface area contributed by atoms with Crippen LogP contribution in [0.2, 0.25) is 0 Å². The van der Waals surface area contributed by atoms with Crippen LogP contribution in [-0.4, -0.2) is 17.9 Å². The molecule has 1 fully saturated rings. The third kappa shape index (κ3) is 2.75. The van der Waals surface area contributed by atoms with Gasteiger partial charge >= 0.3 is 0 Å². The van der Waals surface area contributed by atoms with Crippen molar-refractivity contribution in [1.82, 2.24) is 4.98 Å². The van der Waals surface area contributed by atoms with Crippen LogP contribution >= 0.6 is 11.3 Å². The number of nitrogens with zero attached hydrogens (tertiary/aromatic N) is 2. The van der Waals surface area contributed by atoms with Gasteiger partial charge in [-0.3, -0.25) is 4.79 Å². The largest absolute Gasteiger partial charge is 0.497 e. The molecule has 0 radical (unpaired) electrons. The lowest BCUT2D eigenvalue weighted by Gasteiger charge is -2.04. The first-order valence-corrected chi connectivity index (χ1v) is 8.05. The Morgan fingerprint density at radius 2 is 2.14 bits per heavy atom. The van der Waals surface area contributed by atoms with Gasteiger partial charge in [0.1, 0.15) is 10.8 Å². The number of carbonyl (C=O) groups is 1. The molecule has 3 atom stereocenters. The number of rotatable bonds is 5. The van der Waals surface area contributed by atoms with Gasteiger partial charge in [-0.2, -0.15) is 5.26 Å². The minimum absolute atomic E-state index is 0.0191. The van der Waals surface area contributed by atoms with Crippen molar-refractivity contribution in [1.29, 1.82) is 5.26 Å². The van der Waals surface area contributed by atoms with Gasteiger partial charge in [0.2, 0.25) is 0 Å². The number of ketones is 1. The number of carbonyl (C=O) groups excluding carboxylic acids is 1. The summed E-state index contributed by atoms with van der Waals surface area (Å²) in [5.41, 5.74) is 1.74. The average Bonchev–Trinajstić information content (AvgIpc) is 3.08. The minimum Gasteiger partial charge on any atom is -0.497 e. The van der Waals surface area contributed by atoms with Gasteiger partial charge in [0.25, 0.3) is 0 Å². The number of aromatic nitrogens is 1. The molecule has 1 aliphatic rings. The van der Waals surface area contributed by atoms with Crippen LogP contribution in [0.5, 0.6) is 5.75 Å². The van der Waals surface area contributed by atoms with E-state index in [1.54, 1.807) is 7.11 Å². The summed E-state index contributed by atoms with van der Waals surface area (Å²) >= 11 is 1.38. The molecule has 0 N–H and O–H groups in total. The molecule has 0 aliphatic heterocycles. The maximum absolute atomic E-state index is 12.3. The van der Waals surface area contributed by atoms with Crippen LogP contribution in [0.3, 0.4) is 0 Å². The van der Waals surface area contributed by atoms with Crippen molar-refractivity contribution in [2.24, 2.45) is 11.8 Å². The second-order valence-corrected chi connectivity index (χ2v) is 6.47. The topological polar surface area (TPSA) is 63.0 Å². The lowest BCUT2D eigenvalue weighted by Crippen LogP contribution is -2.13. The van der Waals surface area contributed by atoms with Gasteiger partial charge in [-0.05, 0) is 36.6 Å². The minimum atomic E-state index is -0.730. The van der Waals surface area contributed by atoms with Crippen LogP contribution in [0.15, 0.2) is 29.6 Å². The summed E-state index contributed by atoms with van der Waals surface area (Å²) in [4.78, 5) is 16.8. The van der Waals surface area contributed by atoms with Gasteiger partial charge in [-0.25, -0.2) is 4.98 Å². The van der Waals surface area contributed by atoms with Crippen LogP contribution in [-0.2, 0) is 4.79 Å². The van der Waals surface area contributed by atoms with Gasteiger partial charge in [-0.15, -0.1) is 11.3 Å². The quantitative estimate of drug-likeness (QED) is 0.845. The number of hydrogen-bond acceptors (Lipinski definition) is 5. The number of Topliss-reactive ketones (excluding diaryl/α,β-unsaturated/α-hetero) is 1. The van der Waals surface area contributed by atoms with E-state index in [9.17, 15) is 10.1 Å². The summed E-state index contributed by atoms with van der Waals surface area (Å²) in [6.45, 7) is 2.04. The Morgan fingerprint density at radius 1 is 1.45 bits per heavy atom. The third-order valence-corrected chi connectivity index (χ3v) is 4.95. The van der Waals surface area contributed by atoms with Crippen LogP contribution < -0.4 is 4.74 Å². The summed E-state index contributed by atoms with van der Waals surface area (Å²) in [6, 6.07) is 9.70. The Hall–Kier alpha value is -2.19. The molecule has 1 aliphatic carbocycles. The zero-order chi connectivity index (χ0) is 15.7. The molecule has 3 rings (SSSR count). The van der Waals surface area contributed by atoms with Gasteiger partial charge in [0, 0.05) is 16.9 Å². The smallest absolute Gasteiger partial charge is 0.160 e. The molecule has 1 aromatic heterocycles. The van der Waals surface area contributed by atoms with Crippen molar-refractivity contribution in [2.45, 2.75) is 19.3 Å². The molecule has 0 bridgehead atoms. The summed E-state index contributed by atoms with van der Waals surface area (Å²) < 4.78 is 5.14. The van der Waals surface area contributed by atoms with E-state index in [1.165, 1.54) is 11.3 Å². The van der Waals surface area contributed by atoms with E-state index in [4.69, 9.17) is 4.74 Å². The Morgan fingerprint density at radius 3 is 2.68 bits per heavy atom. The Balaban J connectivity index is 1.82. The number of benzene rings is 1. The molecule has 1 heterocycles. The number of hydrogen-bond donors (Lipinski definition) is 0. The molecular weight excluding hydrogens is 296 g/mol. The number of ether oxygens (including phenoxy) is 1. The Kier molecular flexibility index (Phi) is 3.95. The molecule has 0 unspecified atom stereocenters. The second kappa shape index (κ2) is 5.90. The molecular formula is C17H16N2O2S. The van der Waals surface area contributed by atoms with Crippen LogP contribution in [0, 0.1) is 23.2 Å². The molecule has 0 saturated heterocycles. The van der Waals surface area contributed by atoms with E-state index in [-0.39, 0.29) is 11.7 Å². The first kappa shape index (κ1) is 14.7. The van der Waals surface area contributed by atoms with Crippen molar-refractivity contribution in [3.63, 3.8) is 0 Å². The van der Waals surface area contributed by atoms with E-state index in [0.29, 0.717) is 10.9 Å². The van der Waals surface area contributed by atoms with Gasteiger partial charge in [0.15, 0.2) is 11.7 Å². The summed E-state index contributed by atoms with van der Waals surface area (Å²) in [7, 11) is 1.62. The lowest BCUT2D eigenvalue weighted by atomic mass is 10.0. The first-order chi connectivity index (χ1) is 10.6. The summed E-state index contributed by atoms with van der Waals surface area (Å²) in [6.07, 6.45) is 0.897. The van der Waals surface area contributed by atoms with E-state index >= 15 is 0 Å². The highest BCUT2D eigenvalue weighted by molar-refractivity contribution is 7.10. The van der Waals surface area contributed by atoms with Crippen molar-refractivity contribution in [3.05, 3.63) is 34.7 Å². The molecule has 0 spiro atoms. The number of thiazole rings is 1. The zero-order valence-corrected chi connectivity index (χ0v) is 13.3. The van der Waals surface area contributed by atoms with E-state index in [2.05, 4.69) is 11.1 Å². The highest BCUT2D eigenvalue weighted by atomic mass is 32.1. The molecule has 5 heteroatoms. The average molecular weight is 312 g/mol. The molecule has 1 saturated carbocycles.